The van der Waals surface area contributed by atoms with E-state index in [0.29, 0.717) is 5.92 Å². The molecule has 1 heterocycles. The fourth-order valence-electron chi connectivity index (χ4n) is 5.81. The van der Waals surface area contributed by atoms with Gasteiger partial charge in [-0.15, -0.1) is 0 Å². The summed E-state index contributed by atoms with van der Waals surface area (Å²) in [6.45, 7) is 0. The minimum absolute atomic E-state index is 0.0678. The maximum absolute atomic E-state index is 6.74. The molecule has 6 aromatic rings. The Labute approximate surface area is 210 Å². The van der Waals surface area contributed by atoms with E-state index in [1.54, 1.807) is 0 Å². The highest BCUT2D eigenvalue weighted by atomic mass is 31.1. The number of fused-ring (bicyclic) bond motifs is 7. The maximum atomic E-state index is 6.74. The smallest absolute Gasteiger partial charge is 0.387 e. The Morgan fingerprint density at radius 3 is 1.78 bits per heavy atom. The van der Waals surface area contributed by atoms with Gasteiger partial charge in [0.1, 0.15) is 11.2 Å². The fraction of sp³-hybridized carbons (Fsp3) is 0.188. The quantitative estimate of drug-likeness (QED) is 0.248. The van der Waals surface area contributed by atoms with Gasteiger partial charge in [-0.1, -0.05) is 104 Å². The van der Waals surface area contributed by atoms with Crippen LogP contribution in [0.2, 0.25) is 0 Å². The molecule has 1 saturated carbocycles. The van der Waals surface area contributed by atoms with Crippen LogP contribution in [0.3, 0.4) is 0 Å². The van der Waals surface area contributed by atoms with Gasteiger partial charge >= 0.3 is 8.24 Å². The topological polar surface area (TPSA) is 35.5 Å². The molecule has 0 radical (unpaired) electrons. The Bertz CT molecular complexity index is 1640. The van der Waals surface area contributed by atoms with Crippen molar-refractivity contribution in [2.45, 2.75) is 37.7 Å². The monoisotopic (exact) mass is 490 g/mol. The number of hydrogen-bond donors (Lipinski definition) is 0. The third-order valence-corrected chi connectivity index (χ3v) is 8.66. The molecule has 3 nitrogen and oxygen atoms in total. The van der Waals surface area contributed by atoms with Crippen molar-refractivity contribution >= 4 is 51.7 Å². The average molecular weight is 491 g/mol. The van der Waals surface area contributed by atoms with Crippen molar-refractivity contribution in [2.24, 2.45) is 0 Å². The van der Waals surface area contributed by atoms with Gasteiger partial charge in [0.15, 0.2) is 0 Å². The Morgan fingerprint density at radius 1 is 0.583 bits per heavy atom. The van der Waals surface area contributed by atoms with E-state index >= 15 is 0 Å². The molecule has 4 heteroatoms. The predicted molar refractivity (Wildman–Crippen MR) is 149 cm³/mol. The van der Waals surface area contributed by atoms with Crippen molar-refractivity contribution in [3.05, 3.63) is 109 Å². The summed E-state index contributed by atoms with van der Waals surface area (Å²) >= 11 is 0. The first-order chi connectivity index (χ1) is 17.8. The lowest BCUT2D eigenvalue weighted by atomic mass is 9.82. The second-order valence-corrected chi connectivity index (χ2v) is 10.7. The van der Waals surface area contributed by atoms with Gasteiger partial charge in [-0.2, -0.15) is 0 Å². The predicted octanol–water partition coefficient (Wildman–Crippen LogP) is 9.75. The molecule has 5 aromatic carbocycles. The second-order valence-electron chi connectivity index (χ2n) is 9.67. The van der Waals surface area contributed by atoms with Gasteiger partial charge < -0.3 is 8.39 Å². The Morgan fingerprint density at radius 2 is 1.14 bits per heavy atom. The van der Waals surface area contributed by atoms with Crippen LogP contribution in [0.4, 0.5) is 0 Å². The first-order valence-electron chi connectivity index (χ1n) is 12.8. The van der Waals surface area contributed by atoms with Crippen LogP contribution in [0.1, 0.15) is 37.2 Å². The molecule has 0 spiro atoms. The van der Waals surface area contributed by atoms with E-state index in [2.05, 4.69) is 103 Å². The molecular weight excluding hydrogens is 463 g/mol. The summed E-state index contributed by atoms with van der Waals surface area (Å²) in [4.78, 5) is 0. The van der Waals surface area contributed by atoms with Crippen LogP contribution in [0.25, 0.3) is 43.5 Å². The summed E-state index contributed by atoms with van der Waals surface area (Å²) in [6, 6.07) is 36.1. The standard InChI is InChI=1S/C32H27O3P/c1-2-10-22(11-3-1)25-14-8-9-17-28(25)33-36-34-29-20-18-23-12-4-6-15-26(23)31(29)32-27-16-7-5-13-24(27)19-21-30(32)35-36/h1-7,10-13,15-16,18-21,25,28H,8-9,14,17H2/t25-,28+/m0/s1. The highest BCUT2D eigenvalue weighted by Gasteiger charge is 2.29. The zero-order valence-corrected chi connectivity index (χ0v) is 20.9. The fourth-order valence-corrected chi connectivity index (χ4v) is 7.03. The molecule has 178 valence electrons. The van der Waals surface area contributed by atoms with Gasteiger partial charge in [-0.05, 0) is 52.1 Å². The molecule has 2 atom stereocenters. The average Bonchev–Trinajstić information content (AvgIpc) is 3.10. The summed E-state index contributed by atoms with van der Waals surface area (Å²) < 4.78 is 19.9. The van der Waals surface area contributed by atoms with Crippen molar-refractivity contribution in [1.29, 1.82) is 0 Å². The summed E-state index contributed by atoms with van der Waals surface area (Å²) in [5.41, 5.74) is 2.98. The van der Waals surface area contributed by atoms with Gasteiger partial charge in [0, 0.05) is 16.7 Å². The molecule has 7 rings (SSSR count). The number of hydrogen-bond acceptors (Lipinski definition) is 3. The third-order valence-electron chi connectivity index (χ3n) is 7.53. The van der Waals surface area contributed by atoms with Crippen LogP contribution < -0.4 is 4.52 Å². The minimum Gasteiger partial charge on any atom is -0.399 e. The summed E-state index contributed by atoms with van der Waals surface area (Å²) in [6.07, 6.45) is 4.60. The van der Waals surface area contributed by atoms with E-state index in [4.69, 9.17) is 12.9 Å². The molecular formula is C32H27O3P. The maximum Gasteiger partial charge on any atom is 0.387 e. The first kappa shape index (κ1) is 21.7. The van der Waals surface area contributed by atoms with Crippen molar-refractivity contribution in [2.75, 3.05) is 0 Å². The molecule has 0 aliphatic heterocycles. The first-order valence-corrected chi connectivity index (χ1v) is 13.9. The van der Waals surface area contributed by atoms with Crippen molar-refractivity contribution in [3.8, 4) is 0 Å². The van der Waals surface area contributed by atoms with Crippen LogP contribution in [0, 0.1) is 0 Å². The van der Waals surface area contributed by atoms with E-state index in [9.17, 15) is 0 Å². The van der Waals surface area contributed by atoms with Crippen molar-refractivity contribution in [3.63, 3.8) is 0 Å². The molecule has 0 amide bonds. The second kappa shape index (κ2) is 9.17. The van der Waals surface area contributed by atoms with Gasteiger partial charge in [0.25, 0.3) is 0 Å². The van der Waals surface area contributed by atoms with Gasteiger partial charge in [-0.25, -0.2) is 0 Å². The zero-order valence-electron chi connectivity index (χ0n) is 20.0. The molecule has 1 aliphatic rings. The van der Waals surface area contributed by atoms with Gasteiger partial charge in [-0.3, -0.25) is 4.52 Å². The molecule has 0 saturated heterocycles. The van der Waals surface area contributed by atoms with E-state index in [-0.39, 0.29) is 6.10 Å². The molecule has 1 aliphatic carbocycles. The zero-order chi connectivity index (χ0) is 23.9. The minimum atomic E-state index is -1.62. The number of rotatable bonds is 3. The molecule has 0 unspecified atom stereocenters. The van der Waals surface area contributed by atoms with Crippen molar-refractivity contribution < 1.29 is 12.9 Å². The van der Waals surface area contributed by atoms with Crippen molar-refractivity contribution in [1.82, 2.24) is 0 Å². The van der Waals surface area contributed by atoms with E-state index < -0.39 is 8.24 Å². The Hall–Kier alpha value is -3.52. The van der Waals surface area contributed by atoms with Crippen LogP contribution in [-0.2, 0) is 0 Å². The summed E-state index contributed by atoms with van der Waals surface area (Å²) in [7, 11) is -1.62. The van der Waals surface area contributed by atoms with E-state index in [0.717, 1.165) is 45.6 Å². The third kappa shape index (κ3) is 3.80. The van der Waals surface area contributed by atoms with E-state index in [1.807, 2.05) is 0 Å². The normalized spacial score (nSPS) is 18.2. The van der Waals surface area contributed by atoms with Crippen LogP contribution in [0.5, 0.6) is 0 Å². The van der Waals surface area contributed by atoms with Gasteiger partial charge in [0.2, 0.25) is 0 Å². The SMILES string of the molecule is c1ccc([C@@H]2CCCC[C@H]2Op2oc3ccc4ccccc4c3c3c(ccc4ccccc43)o2)cc1. The Kier molecular flexibility index (Phi) is 5.54. The summed E-state index contributed by atoms with van der Waals surface area (Å²) in [5.74, 6) is 0.352. The lowest BCUT2D eigenvalue weighted by molar-refractivity contribution is 0.172. The van der Waals surface area contributed by atoms with Crippen LogP contribution in [0.15, 0.2) is 112 Å². The summed E-state index contributed by atoms with van der Waals surface area (Å²) in [5, 5.41) is 6.85. The lowest BCUT2D eigenvalue weighted by Crippen LogP contribution is -2.27. The molecule has 0 N–H and O–H groups in total. The van der Waals surface area contributed by atoms with E-state index in [1.165, 1.54) is 29.2 Å². The highest BCUT2D eigenvalue weighted by molar-refractivity contribution is 7.31. The van der Waals surface area contributed by atoms with Crippen LogP contribution >= 0.6 is 8.24 Å². The number of benzene rings is 5. The van der Waals surface area contributed by atoms with Gasteiger partial charge in [0.05, 0.1) is 6.10 Å². The highest BCUT2D eigenvalue weighted by Crippen LogP contribution is 2.43. The lowest BCUT2D eigenvalue weighted by Gasteiger charge is -2.30. The van der Waals surface area contributed by atoms with Crippen LogP contribution in [-0.4, -0.2) is 6.10 Å². The molecule has 0 bridgehead atoms. The molecule has 1 fully saturated rings. The Balaban J connectivity index is 1.47. The molecule has 1 aromatic heterocycles. The largest absolute Gasteiger partial charge is 0.399 e. The molecule has 36 heavy (non-hydrogen) atoms.